The van der Waals surface area contributed by atoms with E-state index in [0.717, 1.165) is 10.5 Å². The predicted octanol–water partition coefficient (Wildman–Crippen LogP) is 3.59. The Morgan fingerprint density at radius 3 is 2.37 bits per heavy atom. The molecule has 0 spiro atoms. The summed E-state index contributed by atoms with van der Waals surface area (Å²) in [6.45, 7) is 5.32. The number of likely N-dealkylation sites (tertiary alicyclic amines) is 1. The van der Waals surface area contributed by atoms with Crippen molar-refractivity contribution in [2.45, 2.75) is 50.5 Å². The van der Waals surface area contributed by atoms with E-state index in [1.165, 1.54) is 12.1 Å². The van der Waals surface area contributed by atoms with Crippen molar-refractivity contribution < 1.29 is 30.9 Å². The molecule has 1 unspecified atom stereocenters. The van der Waals surface area contributed by atoms with Crippen LogP contribution in [0.25, 0.3) is 0 Å². The number of rotatable bonds is 4. The SMILES string of the molecule is Cc1ccc(S(=O)(=O)OCC2CCN(C(=O)OC(C)(C)C)CC2(F)F)cc1. The number of amides is 1. The van der Waals surface area contributed by atoms with Gasteiger partial charge in [0.25, 0.3) is 16.0 Å². The van der Waals surface area contributed by atoms with Crippen LogP contribution in [0.5, 0.6) is 0 Å². The molecule has 0 N–H and O–H groups in total. The first-order chi connectivity index (χ1) is 12.3. The van der Waals surface area contributed by atoms with E-state index in [0.29, 0.717) is 0 Å². The summed E-state index contributed by atoms with van der Waals surface area (Å²) < 4.78 is 63.2. The van der Waals surface area contributed by atoms with Crippen LogP contribution in [0.3, 0.4) is 0 Å². The second-order valence-corrected chi connectivity index (χ2v) is 9.32. The molecule has 1 aliphatic heterocycles. The van der Waals surface area contributed by atoms with Crippen molar-refractivity contribution >= 4 is 16.2 Å². The zero-order chi connectivity index (χ0) is 20.5. The summed E-state index contributed by atoms with van der Waals surface area (Å²) in [5.41, 5.74) is 0.0871. The summed E-state index contributed by atoms with van der Waals surface area (Å²) in [4.78, 5) is 12.8. The summed E-state index contributed by atoms with van der Waals surface area (Å²) in [7, 11) is -4.12. The van der Waals surface area contributed by atoms with E-state index in [1.807, 2.05) is 0 Å². The second kappa shape index (κ2) is 7.71. The lowest BCUT2D eigenvalue weighted by Gasteiger charge is -2.38. The van der Waals surface area contributed by atoms with Crippen LogP contribution >= 0.6 is 0 Å². The molecule has 1 fully saturated rings. The highest BCUT2D eigenvalue weighted by atomic mass is 32.2. The monoisotopic (exact) mass is 405 g/mol. The summed E-state index contributed by atoms with van der Waals surface area (Å²) in [6.07, 6.45) is -0.899. The molecule has 0 saturated carbocycles. The Hall–Kier alpha value is -1.74. The third-order valence-electron chi connectivity index (χ3n) is 4.13. The van der Waals surface area contributed by atoms with Crippen LogP contribution in [-0.4, -0.2) is 50.6 Å². The molecule has 1 heterocycles. The van der Waals surface area contributed by atoms with Gasteiger partial charge >= 0.3 is 6.09 Å². The highest BCUT2D eigenvalue weighted by Crippen LogP contribution is 2.34. The summed E-state index contributed by atoms with van der Waals surface area (Å²) in [5, 5.41) is 0. The molecular weight excluding hydrogens is 380 g/mol. The number of ether oxygens (including phenoxy) is 1. The topological polar surface area (TPSA) is 72.9 Å². The van der Waals surface area contributed by atoms with Gasteiger partial charge in [0, 0.05) is 6.54 Å². The normalized spacial score (nSPS) is 20.4. The Bertz CT molecular complexity index is 772. The maximum atomic E-state index is 14.4. The molecule has 6 nitrogen and oxygen atoms in total. The van der Waals surface area contributed by atoms with Gasteiger partial charge in [-0.25, -0.2) is 13.6 Å². The summed E-state index contributed by atoms with van der Waals surface area (Å²) in [5.74, 6) is -4.59. The van der Waals surface area contributed by atoms with E-state index in [-0.39, 0.29) is 17.9 Å². The van der Waals surface area contributed by atoms with Crippen molar-refractivity contribution in [3.63, 3.8) is 0 Å². The summed E-state index contributed by atoms with van der Waals surface area (Å²) >= 11 is 0. The Balaban J connectivity index is 1.98. The molecule has 1 amide bonds. The van der Waals surface area contributed by atoms with Crippen LogP contribution in [0.15, 0.2) is 29.2 Å². The standard InChI is InChI=1S/C18H25F2NO5S/c1-13-5-7-15(8-6-13)27(23,24)25-11-14-9-10-21(12-18(14,19)20)16(22)26-17(2,3)4/h5-8,14H,9-12H2,1-4H3. The summed E-state index contributed by atoms with van der Waals surface area (Å²) in [6, 6.07) is 5.94. The van der Waals surface area contributed by atoms with Crippen LogP contribution in [0.2, 0.25) is 0 Å². The zero-order valence-corrected chi connectivity index (χ0v) is 16.7. The molecule has 9 heteroatoms. The average molecular weight is 405 g/mol. The maximum Gasteiger partial charge on any atom is 0.410 e. The first-order valence-electron chi connectivity index (χ1n) is 8.62. The lowest BCUT2D eigenvalue weighted by atomic mass is 9.94. The van der Waals surface area contributed by atoms with Gasteiger partial charge in [-0.15, -0.1) is 0 Å². The minimum atomic E-state index is -4.12. The Morgan fingerprint density at radius 1 is 1.26 bits per heavy atom. The van der Waals surface area contributed by atoms with Crippen LogP contribution in [0.4, 0.5) is 13.6 Å². The molecule has 1 aromatic rings. The van der Waals surface area contributed by atoms with Crippen molar-refractivity contribution in [3.8, 4) is 0 Å². The van der Waals surface area contributed by atoms with E-state index in [9.17, 15) is 22.0 Å². The van der Waals surface area contributed by atoms with Gasteiger partial charge in [0.05, 0.1) is 24.0 Å². The van der Waals surface area contributed by atoms with Gasteiger partial charge in [-0.3, -0.25) is 4.18 Å². The van der Waals surface area contributed by atoms with Crippen LogP contribution in [0, 0.1) is 12.8 Å². The van der Waals surface area contributed by atoms with E-state index in [4.69, 9.17) is 8.92 Å². The fourth-order valence-corrected chi connectivity index (χ4v) is 3.57. The zero-order valence-electron chi connectivity index (χ0n) is 15.9. The van der Waals surface area contributed by atoms with Crippen molar-refractivity contribution in [2.24, 2.45) is 5.92 Å². The number of aryl methyl sites for hydroxylation is 1. The van der Waals surface area contributed by atoms with Crippen molar-refractivity contribution in [1.29, 1.82) is 0 Å². The third kappa shape index (κ3) is 5.87. The minimum Gasteiger partial charge on any atom is -0.444 e. The Labute approximate surface area is 158 Å². The predicted molar refractivity (Wildman–Crippen MR) is 95.2 cm³/mol. The molecule has 2 rings (SSSR count). The molecule has 1 aliphatic rings. The quantitative estimate of drug-likeness (QED) is 0.716. The Morgan fingerprint density at radius 2 is 1.85 bits per heavy atom. The van der Waals surface area contributed by atoms with Gasteiger partial charge in [-0.1, -0.05) is 17.7 Å². The smallest absolute Gasteiger partial charge is 0.410 e. The highest BCUT2D eigenvalue weighted by Gasteiger charge is 2.47. The minimum absolute atomic E-state index is 0.0448. The number of carbonyl (C=O) groups excluding carboxylic acids is 1. The molecule has 0 aromatic heterocycles. The van der Waals surface area contributed by atoms with Crippen LogP contribution in [0.1, 0.15) is 32.8 Å². The number of piperidine rings is 1. The molecule has 1 atom stereocenters. The van der Waals surface area contributed by atoms with Gasteiger partial charge in [-0.2, -0.15) is 8.42 Å². The molecule has 1 saturated heterocycles. The van der Waals surface area contributed by atoms with Crippen molar-refractivity contribution in [2.75, 3.05) is 19.7 Å². The Kier molecular flexibility index (Phi) is 6.16. The van der Waals surface area contributed by atoms with Crippen molar-refractivity contribution in [1.82, 2.24) is 4.90 Å². The van der Waals surface area contributed by atoms with Gasteiger partial charge in [0.2, 0.25) is 0 Å². The first-order valence-corrected chi connectivity index (χ1v) is 10.0. The van der Waals surface area contributed by atoms with Gasteiger partial charge in [0.1, 0.15) is 5.60 Å². The van der Waals surface area contributed by atoms with Gasteiger partial charge < -0.3 is 9.64 Å². The lowest BCUT2D eigenvalue weighted by Crippen LogP contribution is -2.53. The second-order valence-electron chi connectivity index (χ2n) is 7.70. The average Bonchev–Trinajstić information content (AvgIpc) is 2.51. The number of nitrogens with zero attached hydrogens (tertiary/aromatic N) is 1. The number of hydrogen-bond acceptors (Lipinski definition) is 5. The van der Waals surface area contributed by atoms with Crippen molar-refractivity contribution in [3.05, 3.63) is 29.8 Å². The molecule has 0 aliphatic carbocycles. The van der Waals surface area contributed by atoms with Crippen LogP contribution < -0.4 is 0 Å². The molecule has 0 radical (unpaired) electrons. The van der Waals surface area contributed by atoms with Crippen LogP contribution in [-0.2, 0) is 19.0 Å². The number of alkyl halides is 2. The maximum absolute atomic E-state index is 14.4. The fourth-order valence-electron chi connectivity index (χ4n) is 2.62. The molecule has 27 heavy (non-hydrogen) atoms. The molecule has 0 bridgehead atoms. The fraction of sp³-hybridized carbons (Fsp3) is 0.611. The number of carbonyl (C=O) groups is 1. The van der Waals surface area contributed by atoms with Gasteiger partial charge in [0.15, 0.2) is 0 Å². The number of halogens is 2. The van der Waals surface area contributed by atoms with E-state index >= 15 is 0 Å². The van der Waals surface area contributed by atoms with E-state index < -0.39 is 46.8 Å². The highest BCUT2D eigenvalue weighted by molar-refractivity contribution is 7.86. The molecule has 1 aromatic carbocycles. The molecule has 152 valence electrons. The van der Waals surface area contributed by atoms with E-state index in [1.54, 1.807) is 39.8 Å². The largest absolute Gasteiger partial charge is 0.444 e. The number of benzene rings is 1. The third-order valence-corrected chi connectivity index (χ3v) is 5.43. The molecular formula is C18H25F2NO5S. The first kappa shape index (κ1) is 21.6. The lowest BCUT2D eigenvalue weighted by molar-refractivity contribution is -0.119. The van der Waals surface area contributed by atoms with Gasteiger partial charge in [-0.05, 0) is 46.2 Å². The number of hydrogen-bond donors (Lipinski definition) is 0. The van der Waals surface area contributed by atoms with E-state index in [2.05, 4.69) is 0 Å².